The first-order valence-corrected chi connectivity index (χ1v) is 7.65. The summed E-state index contributed by atoms with van der Waals surface area (Å²) in [7, 11) is 1.63. The predicted molar refractivity (Wildman–Crippen MR) is 89.5 cm³/mol. The van der Waals surface area contributed by atoms with Crippen LogP contribution in [0.2, 0.25) is 0 Å². The molecule has 1 atom stereocenters. The Morgan fingerprint density at radius 1 is 1.13 bits per heavy atom. The van der Waals surface area contributed by atoms with Gasteiger partial charge >= 0.3 is 5.97 Å². The molecule has 0 N–H and O–H groups in total. The van der Waals surface area contributed by atoms with Crippen LogP contribution in [0.15, 0.2) is 48.8 Å². The quantitative estimate of drug-likeness (QED) is 0.784. The molecule has 122 valence electrons. The van der Waals surface area contributed by atoms with Crippen molar-refractivity contribution in [2.45, 2.75) is 38.7 Å². The van der Waals surface area contributed by atoms with Gasteiger partial charge in [0.25, 0.3) is 0 Å². The van der Waals surface area contributed by atoms with Gasteiger partial charge in [0.2, 0.25) is 0 Å². The van der Waals surface area contributed by atoms with Gasteiger partial charge in [-0.2, -0.15) is 0 Å². The summed E-state index contributed by atoms with van der Waals surface area (Å²) >= 11 is 0. The van der Waals surface area contributed by atoms with E-state index in [0.717, 1.165) is 16.9 Å². The van der Waals surface area contributed by atoms with Gasteiger partial charge in [0, 0.05) is 18.3 Å². The average molecular weight is 313 g/mol. The van der Waals surface area contributed by atoms with Crippen molar-refractivity contribution in [2.75, 3.05) is 7.11 Å². The lowest BCUT2D eigenvalue weighted by Gasteiger charge is -2.23. The molecule has 4 nitrogen and oxygen atoms in total. The molecule has 0 fully saturated rings. The molecule has 2 aromatic rings. The molecule has 1 aromatic carbocycles. The molecule has 1 aromatic heterocycles. The normalized spacial score (nSPS) is 12.5. The standard InChI is InChI=1S/C19H23NO3/c1-19(2,3)23-18(21)12-17(15-6-5-11-20-13-15)14-7-9-16(22-4)10-8-14/h5-11,13,17H,12H2,1-4H3/t17-/m0/s1. The van der Waals surface area contributed by atoms with Crippen molar-refractivity contribution >= 4 is 5.97 Å². The average Bonchev–Trinajstić information content (AvgIpc) is 2.52. The van der Waals surface area contributed by atoms with Gasteiger partial charge in [-0.1, -0.05) is 18.2 Å². The molecule has 0 spiro atoms. The summed E-state index contributed by atoms with van der Waals surface area (Å²) in [5.41, 5.74) is 1.53. The van der Waals surface area contributed by atoms with Gasteiger partial charge in [0.1, 0.15) is 11.4 Å². The minimum absolute atomic E-state index is 0.0931. The smallest absolute Gasteiger partial charge is 0.307 e. The zero-order valence-corrected chi connectivity index (χ0v) is 14.1. The van der Waals surface area contributed by atoms with Gasteiger partial charge in [-0.05, 0) is 50.1 Å². The summed E-state index contributed by atoms with van der Waals surface area (Å²) in [6.07, 6.45) is 3.79. The number of carbonyl (C=O) groups excluding carboxylic acids is 1. The Morgan fingerprint density at radius 3 is 2.35 bits per heavy atom. The zero-order valence-electron chi connectivity index (χ0n) is 14.1. The number of methoxy groups -OCH3 is 1. The Kier molecular flexibility index (Phi) is 5.37. The summed E-state index contributed by atoms with van der Waals surface area (Å²) in [6, 6.07) is 11.6. The second-order valence-electron chi connectivity index (χ2n) is 6.40. The van der Waals surface area contributed by atoms with Gasteiger partial charge in [-0.25, -0.2) is 0 Å². The fraction of sp³-hybridized carbons (Fsp3) is 0.368. The fourth-order valence-electron chi connectivity index (χ4n) is 2.40. The van der Waals surface area contributed by atoms with Crippen molar-refractivity contribution in [1.82, 2.24) is 4.98 Å². The van der Waals surface area contributed by atoms with Crippen molar-refractivity contribution in [1.29, 1.82) is 0 Å². The van der Waals surface area contributed by atoms with Crippen LogP contribution in [0.1, 0.15) is 44.2 Å². The third-order valence-electron chi connectivity index (χ3n) is 3.40. The first kappa shape index (κ1) is 17.0. The molecule has 23 heavy (non-hydrogen) atoms. The first-order valence-electron chi connectivity index (χ1n) is 7.65. The van der Waals surface area contributed by atoms with Crippen molar-refractivity contribution < 1.29 is 14.3 Å². The highest BCUT2D eigenvalue weighted by Gasteiger charge is 2.23. The monoisotopic (exact) mass is 313 g/mol. The van der Waals surface area contributed by atoms with Gasteiger partial charge in [-0.15, -0.1) is 0 Å². The van der Waals surface area contributed by atoms with Crippen LogP contribution >= 0.6 is 0 Å². The number of hydrogen-bond acceptors (Lipinski definition) is 4. The summed E-state index contributed by atoms with van der Waals surface area (Å²) in [5, 5.41) is 0. The lowest BCUT2D eigenvalue weighted by Crippen LogP contribution is -2.25. The largest absolute Gasteiger partial charge is 0.497 e. The van der Waals surface area contributed by atoms with E-state index < -0.39 is 5.60 Å². The number of carbonyl (C=O) groups is 1. The highest BCUT2D eigenvalue weighted by atomic mass is 16.6. The molecule has 0 saturated carbocycles. The van der Waals surface area contributed by atoms with E-state index in [1.54, 1.807) is 19.5 Å². The maximum Gasteiger partial charge on any atom is 0.307 e. The Hall–Kier alpha value is -2.36. The van der Waals surface area contributed by atoms with Crippen LogP contribution in [0.25, 0.3) is 0 Å². The van der Waals surface area contributed by atoms with Crippen molar-refractivity contribution in [3.63, 3.8) is 0 Å². The number of benzene rings is 1. The van der Waals surface area contributed by atoms with E-state index in [4.69, 9.17) is 9.47 Å². The van der Waals surface area contributed by atoms with E-state index in [2.05, 4.69) is 4.98 Å². The molecule has 0 bridgehead atoms. The Balaban J connectivity index is 2.27. The number of aromatic nitrogens is 1. The van der Waals surface area contributed by atoms with Crippen molar-refractivity contribution in [3.8, 4) is 5.75 Å². The molecule has 0 radical (unpaired) electrons. The highest BCUT2D eigenvalue weighted by molar-refractivity contribution is 5.72. The minimum atomic E-state index is -0.490. The Labute approximate surface area is 137 Å². The number of ether oxygens (including phenoxy) is 2. The maximum absolute atomic E-state index is 12.3. The number of nitrogens with zero attached hydrogens (tertiary/aromatic N) is 1. The molecule has 4 heteroatoms. The molecule has 0 aliphatic heterocycles. The van der Waals surface area contributed by atoms with Gasteiger partial charge in [-0.3, -0.25) is 9.78 Å². The lowest BCUT2D eigenvalue weighted by atomic mass is 9.89. The predicted octanol–water partition coefficient (Wildman–Crippen LogP) is 3.95. The topological polar surface area (TPSA) is 48.4 Å². The molecule has 0 saturated heterocycles. The molecular weight excluding hydrogens is 290 g/mol. The van der Waals surface area contributed by atoms with Crippen LogP contribution in [0.5, 0.6) is 5.75 Å². The molecule has 0 aliphatic carbocycles. The van der Waals surface area contributed by atoms with E-state index in [0.29, 0.717) is 0 Å². The Bertz CT molecular complexity index is 630. The van der Waals surface area contributed by atoms with Crippen LogP contribution < -0.4 is 4.74 Å². The van der Waals surface area contributed by atoms with E-state index in [-0.39, 0.29) is 18.3 Å². The fourth-order valence-corrected chi connectivity index (χ4v) is 2.40. The molecular formula is C19H23NO3. The van der Waals surface area contributed by atoms with Crippen LogP contribution in [0.3, 0.4) is 0 Å². The van der Waals surface area contributed by atoms with Gasteiger partial charge in [0.15, 0.2) is 0 Å². The lowest BCUT2D eigenvalue weighted by molar-refractivity contribution is -0.155. The summed E-state index contributed by atoms with van der Waals surface area (Å²) in [6.45, 7) is 5.62. The summed E-state index contributed by atoms with van der Waals surface area (Å²) < 4.78 is 10.7. The minimum Gasteiger partial charge on any atom is -0.497 e. The third kappa shape index (κ3) is 5.09. The maximum atomic E-state index is 12.3. The summed E-state index contributed by atoms with van der Waals surface area (Å²) in [4.78, 5) is 16.4. The number of pyridine rings is 1. The van der Waals surface area contributed by atoms with Crippen LogP contribution in [0, 0.1) is 0 Å². The zero-order chi connectivity index (χ0) is 16.9. The third-order valence-corrected chi connectivity index (χ3v) is 3.40. The summed E-state index contributed by atoms with van der Waals surface area (Å²) in [5.74, 6) is 0.475. The van der Waals surface area contributed by atoms with E-state index >= 15 is 0 Å². The SMILES string of the molecule is COc1ccc([C@H](CC(=O)OC(C)(C)C)c2cccnc2)cc1. The highest BCUT2D eigenvalue weighted by Crippen LogP contribution is 2.30. The number of esters is 1. The van der Waals surface area contributed by atoms with Crippen LogP contribution in [-0.4, -0.2) is 23.7 Å². The van der Waals surface area contributed by atoms with Crippen molar-refractivity contribution in [2.24, 2.45) is 0 Å². The van der Waals surface area contributed by atoms with E-state index in [9.17, 15) is 4.79 Å². The molecule has 0 aliphatic rings. The molecule has 2 rings (SSSR count). The van der Waals surface area contributed by atoms with Crippen molar-refractivity contribution in [3.05, 3.63) is 59.9 Å². The second-order valence-corrected chi connectivity index (χ2v) is 6.40. The van der Waals surface area contributed by atoms with Crippen LogP contribution in [-0.2, 0) is 9.53 Å². The number of hydrogen-bond donors (Lipinski definition) is 0. The second kappa shape index (κ2) is 7.27. The number of rotatable bonds is 5. The van der Waals surface area contributed by atoms with Gasteiger partial charge < -0.3 is 9.47 Å². The Morgan fingerprint density at radius 2 is 1.83 bits per heavy atom. The van der Waals surface area contributed by atoms with E-state index in [1.807, 2.05) is 57.2 Å². The first-order chi connectivity index (χ1) is 10.9. The molecule has 1 heterocycles. The van der Waals surface area contributed by atoms with Crippen LogP contribution in [0.4, 0.5) is 0 Å². The molecule has 0 amide bonds. The van der Waals surface area contributed by atoms with Gasteiger partial charge in [0.05, 0.1) is 13.5 Å². The van der Waals surface area contributed by atoms with E-state index in [1.165, 1.54) is 0 Å². The molecule has 0 unspecified atom stereocenters.